The van der Waals surface area contributed by atoms with Gasteiger partial charge >= 0.3 is 5.76 Å². The second-order valence-electron chi connectivity index (χ2n) is 6.22. The molecule has 0 aliphatic heterocycles. The normalized spacial score (nSPS) is 10.8. The Morgan fingerprint density at radius 3 is 2.87 bits per heavy atom. The van der Waals surface area contributed by atoms with Crippen molar-refractivity contribution in [2.45, 2.75) is 6.92 Å². The fourth-order valence-electron chi connectivity index (χ4n) is 2.74. The van der Waals surface area contributed by atoms with Crippen molar-refractivity contribution < 1.29 is 17.9 Å². The summed E-state index contributed by atoms with van der Waals surface area (Å²) < 4.78 is 38.0. The molecule has 8 nitrogen and oxygen atoms in total. The van der Waals surface area contributed by atoms with Crippen LogP contribution in [0.3, 0.4) is 0 Å². The lowest BCUT2D eigenvalue weighted by Crippen LogP contribution is -2.05. The lowest BCUT2D eigenvalue weighted by atomic mass is 10.2. The summed E-state index contributed by atoms with van der Waals surface area (Å²) in [6.07, 6.45) is 2.47. The first kappa shape index (κ1) is 19.1. The number of fused-ring (bicyclic) bond motifs is 1. The number of aromatic amines is 1. The molecule has 0 atom stereocenters. The number of anilines is 4. The van der Waals surface area contributed by atoms with E-state index < -0.39 is 23.1 Å². The molecule has 0 unspecified atom stereocenters. The van der Waals surface area contributed by atoms with E-state index in [4.69, 9.17) is 9.15 Å². The lowest BCUT2D eigenvalue weighted by molar-refractivity contribution is 0.408. The predicted molar refractivity (Wildman–Crippen MR) is 107 cm³/mol. The minimum atomic E-state index is -0.942. The van der Waals surface area contributed by atoms with Gasteiger partial charge in [0, 0.05) is 17.4 Å². The Hall–Kier alpha value is -4.21. The number of H-pyrrole nitrogens is 1. The van der Waals surface area contributed by atoms with Crippen molar-refractivity contribution in [3.63, 3.8) is 0 Å². The molecule has 0 radical (unpaired) electrons. The number of benzene rings is 2. The number of aryl methyl sites for hydroxylation is 1. The van der Waals surface area contributed by atoms with Gasteiger partial charge in [0.25, 0.3) is 0 Å². The summed E-state index contributed by atoms with van der Waals surface area (Å²) in [6, 6.07) is 7.30. The number of nitrogens with one attached hydrogen (secondary N) is 3. The topological polar surface area (TPSA) is 105 Å². The third-order valence-electron chi connectivity index (χ3n) is 4.15. The molecule has 3 N–H and O–H groups in total. The minimum absolute atomic E-state index is 0.0690. The van der Waals surface area contributed by atoms with E-state index in [0.29, 0.717) is 22.6 Å². The molecule has 2 aromatic carbocycles. The smallest absolute Gasteiger partial charge is 0.417 e. The molecule has 0 aliphatic carbocycles. The Morgan fingerprint density at radius 1 is 1.23 bits per heavy atom. The maximum Gasteiger partial charge on any atom is 0.417 e. The third kappa shape index (κ3) is 3.70. The Kier molecular flexibility index (Phi) is 4.88. The first-order chi connectivity index (χ1) is 14.4. The van der Waals surface area contributed by atoms with Crippen LogP contribution in [0.1, 0.15) is 5.56 Å². The summed E-state index contributed by atoms with van der Waals surface area (Å²) >= 11 is 0. The Labute approximate surface area is 168 Å². The van der Waals surface area contributed by atoms with E-state index in [2.05, 4.69) is 32.2 Å². The zero-order chi connectivity index (χ0) is 21.3. The number of nitrogens with zero attached hydrogens (tertiary/aromatic N) is 2. The number of hydrogen-bond donors (Lipinski definition) is 3. The molecule has 152 valence electrons. The second kappa shape index (κ2) is 7.66. The quantitative estimate of drug-likeness (QED) is 0.401. The van der Waals surface area contributed by atoms with E-state index in [0.717, 1.165) is 17.9 Å². The average Bonchev–Trinajstić information content (AvgIpc) is 3.09. The van der Waals surface area contributed by atoms with Crippen LogP contribution in [0, 0.1) is 18.6 Å². The number of rotatable bonds is 6. The molecule has 0 bridgehead atoms. The summed E-state index contributed by atoms with van der Waals surface area (Å²) in [6.45, 7) is 5.09. The molecule has 30 heavy (non-hydrogen) atoms. The number of halogens is 2. The highest BCUT2D eigenvalue weighted by atomic mass is 19.1. The monoisotopic (exact) mass is 411 g/mol. The number of oxazole rings is 1. The molecule has 2 heterocycles. The van der Waals surface area contributed by atoms with Gasteiger partial charge in [0.1, 0.15) is 5.82 Å². The molecule has 4 rings (SSSR count). The van der Waals surface area contributed by atoms with Gasteiger partial charge in [-0.05, 0) is 37.3 Å². The van der Waals surface area contributed by atoms with Crippen LogP contribution in [0.15, 0.2) is 58.6 Å². The van der Waals surface area contributed by atoms with Crippen LogP contribution in [-0.2, 0) is 0 Å². The van der Waals surface area contributed by atoms with Crippen molar-refractivity contribution in [2.75, 3.05) is 10.6 Å². The molecule has 0 saturated carbocycles. The van der Waals surface area contributed by atoms with Crippen LogP contribution in [0.4, 0.5) is 31.9 Å². The van der Waals surface area contributed by atoms with Crippen LogP contribution >= 0.6 is 0 Å². The van der Waals surface area contributed by atoms with E-state index in [9.17, 15) is 13.6 Å². The molecule has 2 aromatic heterocycles. The van der Waals surface area contributed by atoms with Crippen molar-refractivity contribution in [3.8, 4) is 5.75 Å². The van der Waals surface area contributed by atoms with Crippen molar-refractivity contribution >= 4 is 34.2 Å². The zero-order valence-corrected chi connectivity index (χ0v) is 15.6. The summed E-state index contributed by atoms with van der Waals surface area (Å²) in [5.74, 6) is -2.41. The standard InChI is InChI=1S/C20H15F2N5O3/c1-3-29-17-12(21)5-6-13(16(17)22)25-19-23-9-10(2)18(27-19)24-11-4-7-15-14(8-11)26-20(28)30-15/h3-9H,1H2,2H3,(H,26,28)(H2,23,24,25,27). The molecule has 0 spiro atoms. The van der Waals surface area contributed by atoms with Crippen LogP contribution in [0.25, 0.3) is 11.1 Å². The van der Waals surface area contributed by atoms with Gasteiger partial charge in [0.05, 0.1) is 17.5 Å². The highest BCUT2D eigenvalue weighted by Crippen LogP contribution is 2.30. The number of ether oxygens (including phenoxy) is 1. The molecular weight excluding hydrogens is 396 g/mol. The van der Waals surface area contributed by atoms with Crippen molar-refractivity contribution in [1.82, 2.24) is 15.0 Å². The largest absolute Gasteiger partial charge is 0.459 e. The van der Waals surface area contributed by atoms with E-state index in [1.54, 1.807) is 31.3 Å². The summed E-state index contributed by atoms with van der Waals surface area (Å²) in [4.78, 5) is 22.3. The first-order valence-corrected chi connectivity index (χ1v) is 8.70. The SMILES string of the molecule is C=COc1c(F)ccc(Nc2ncc(C)c(Nc3ccc4oc(=O)[nH]c4c3)n2)c1F. The van der Waals surface area contributed by atoms with Gasteiger partial charge in [-0.25, -0.2) is 18.6 Å². The van der Waals surface area contributed by atoms with Crippen molar-refractivity contribution in [1.29, 1.82) is 0 Å². The van der Waals surface area contributed by atoms with E-state index in [1.165, 1.54) is 6.07 Å². The predicted octanol–water partition coefficient (Wildman–Crippen LogP) is 4.51. The van der Waals surface area contributed by atoms with Gasteiger partial charge in [-0.15, -0.1) is 0 Å². The lowest BCUT2D eigenvalue weighted by Gasteiger charge is -2.12. The van der Waals surface area contributed by atoms with Crippen LogP contribution in [0.5, 0.6) is 5.75 Å². The molecule has 0 aliphatic rings. The molecule has 4 aromatic rings. The zero-order valence-electron chi connectivity index (χ0n) is 15.6. The van der Waals surface area contributed by atoms with E-state index >= 15 is 0 Å². The molecule has 0 amide bonds. The molecule has 0 saturated heterocycles. The first-order valence-electron chi connectivity index (χ1n) is 8.70. The Bertz CT molecular complexity index is 1320. The Morgan fingerprint density at radius 2 is 2.07 bits per heavy atom. The molecule has 10 heteroatoms. The highest BCUT2D eigenvalue weighted by Gasteiger charge is 2.16. The van der Waals surface area contributed by atoms with Gasteiger partial charge in [0.15, 0.2) is 23.0 Å². The fourth-order valence-corrected chi connectivity index (χ4v) is 2.74. The van der Waals surface area contributed by atoms with Gasteiger partial charge in [0.2, 0.25) is 5.95 Å². The third-order valence-corrected chi connectivity index (χ3v) is 4.15. The van der Waals surface area contributed by atoms with Crippen molar-refractivity contribution in [3.05, 3.63) is 77.1 Å². The second-order valence-corrected chi connectivity index (χ2v) is 6.22. The molecule has 0 fully saturated rings. The van der Waals surface area contributed by atoms with Gasteiger partial charge in [-0.3, -0.25) is 4.98 Å². The van der Waals surface area contributed by atoms with Gasteiger partial charge < -0.3 is 19.8 Å². The van der Waals surface area contributed by atoms with Gasteiger partial charge in [-0.1, -0.05) is 6.58 Å². The summed E-state index contributed by atoms with van der Waals surface area (Å²) in [7, 11) is 0. The fraction of sp³-hybridized carbons (Fsp3) is 0.0500. The summed E-state index contributed by atoms with van der Waals surface area (Å²) in [5.41, 5.74) is 2.24. The maximum atomic E-state index is 14.5. The maximum absolute atomic E-state index is 14.5. The Balaban J connectivity index is 1.62. The van der Waals surface area contributed by atoms with Crippen molar-refractivity contribution in [2.24, 2.45) is 0 Å². The van der Waals surface area contributed by atoms with E-state index in [-0.39, 0.29) is 11.6 Å². The average molecular weight is 411 g/mol. The minimum Gasteiger partial charge on any atom is -0.459 e. The van der Waals surface area contributed by atoms with Crippen LogP contribution < -0.4 is 21.1 Å². The number of aromatic nitrogens is 3. The van der Waals surface area contributed by atoms with E-state index in [1.807, 2.05) is 0 Å². The van der Waals surface area contributed by atoms with Crippen LogP contribution in [-0.4, -0.2) is 15.0 Å². The highest BCUT2D eigenvalue weighted by molar-refractivity contribution is 5.78. The summed E-state index contributed by atoms with van der Waals surface area (Å²) in [5, 5.41) is 5.81. The number of hydrogen-bond acceptors (Lipinski definition) is 7. The molecular formula is C20H15F2N5O3. The van der Waals surface area contributed by atoms with Crippen LogP contribution in [0.2, 0.25) is 0 Å². The van der Waals surface area contributed by atoms with Gasteiger partial charge in [-0.2, -0.15) is 4.98 Å².